The normalized spacial score (nSPS) is 11.5. The minimum absolute atomic E-state index is 0. The molecule has 4 aromatic carbocycles. The number of hydrogen-bond donors (Lipinski definition) is 4. The van der Waals surface area contributed by atoms with Crippen LogP contribution in [0.25, 0.3) is 11.4 Å². The van der Waals surface area contributed by atoms with Crippen molar-refractivity contribution in [3.63, 3.8) is 0 Å². The van der Waals surface area contributed by atoms with Crippen molar-refractivity contribution >= 4 is 42.8 Å². The summed E-state index contributed by atoms with van der Waals surface area (Å²) in [5.41, 5.74) is 0.532. The van der Waals surface area contributed by atoms with Gasteiger partial charge < -0.3 is 30.0 Å². The molecule has 0 saturated heterocycles. The molecule has 0 saturated carbocycles. The minimum atomic E-state index is -3.96. The van der Waals surface area contributed by atoms with E-state index in [0.717, 1.165) is 36.4 Å². The largest absolute Gasteiger partial charge is 1.00 e. The van der Waals surface area contributed by atoms with Gasteiger partial charge in [-0.1, -0.05) is 61.6 Å². The maximum Gasteiger partial charge on any atom is 1.00 e. The van der Waals surface area contributed by atoms with Gasteiger partial charge in [0.05, 0.1) is 21.2 Å². The molecule has 0 spiro atoms. The van der Waals surface area contributed by atoms with Crippen LogP contribution in [0.5, 0.6) is 11.5 Å². The molecule has 6 N–H and O–H groups in total. The van der Waals surface area contributed by atoms with Crippen molar-refractivity contribution in [1.82, 2.24) is 19.6 Å². The van der Waals surface area contributed by atoms with Gasteiger partial charge in [0.1, 0.15) is 34.0 Å². The number of para-hydroxylation sites is 2. The molecule has 0 radical (unpaired) electrons. The maximum atomic E-state index is 12.5. The summed E-state index contributed by atoms with van der Waals surface area (Å²) in [6, 6.07) is 24.2. The Labute approximate surface area is 340 Å². The Morgan fingerprint density at radius 2 is 0.944 bits per heavy atom. The third-order valence-electron chi connectivity index (χ3n) is 7.04. The first-order chi connectivity index (χ1) is 24.5. The van der Waals surface area contributed by atoms with Gasteiger partial charge in [-0.05, 0) is 60.7 Å². The van der Waals surface area contributed by atoms with E-state index in [1.165, 1.54) is 9.36 Å². The number of rotatable bonds is 8. The molecular weight excluding hydrogens is 792 g/mol. The molecule has 0 aliphatic heterocycles. The second-order valence-electron chi connectivity index (χ2n) is 10.8. The number of hydrogen-bond acceptors (Lipinski definition) is 14. The van der Waals surface area contributed by atoms with E-state index in [1.54, 1.807) is 62.4 Å². The van der Waals surface area contributed by atoms with Gasteiger partial charge in [0.15, 0.2) is 0 Å². The Bertz CT molecular complexity index is 2490. The van der Waals surface area contributed by atoms with Gasteiger partial charge in [-0.15, -0.1) is 11.4 Å². The van der Waals surface area contributed by atoms with Crippen molar-refractivity contribution in [3.05, 3.63) is 129 Å². The van der Waals surface area contributed by atoms with Gasteiger partial charge in [0.25, 0.3) is 0 Å². The quantitative estimate of drug-likeness (QED) is 0.0963. The fourth-order valence-electron chi connectivity index (χ4n) is 4.44. The fourth-order valence-corrected chi connectivity index (χ4v) is 5.51. The Kier molecular flexibility index (Phi) is 14.4. The van der Waals surface area contributed by atoms with E-state index in [9.17, 15) is 36.6 Å². The zero-order valence-corrected chi connectivity index (χ0v) is 33.4. The van der Waals surface area contributed by atoms with Gasteiger partial charge in [-0.3, -0.25) is 0 Å². The fraction of sp³-hybridized carbons (Fsp3) is 0.0625. The Balaban J connectivity index is 0.000000280. The minimum Gasteiger partial charge on any atom is -0.506 e. The number of nitrogens with zero attached hydrogens (tertiary/aromatic N) is 8. The molecule has 54 heavy (non-hydrogen) atoms. The van der Waals surface area contributed by atoms with Crippen LogP contribution in [-0.4, -0.2) is 46.6 Å². The molecule has 6 rings (SSSR count). The van der Waals surface area contributed by atoms with E-state index in [2.05, 4.69) is 30.7 Å². The Morgan fingerprint density at radius 3 is 1.26 bits per heavy atom. The van der Waals surface area contributed by atoms with Crippen LogP contribution in [0.4, 0.5) is 22.7 Å². The smallest absolute Gasteiger partial charge is 0.506 e. The molecule has 0 aliphatic rings. The Morgan fingerprint density at radius 1 is 0.611 bits per heavy atom. The van der Waals surface area contributed by atoms with Gasteiger partial charge in [-0.2, -0.15) is 10.2 Å². The zero-order valence-electron chi connectivity index (χ0n) is 28.5. The summed E-state index contributed by atoms with van der Waals surface area (Å²) >= 11 is 0. The molecular formula is C32H28CrN10NaO8S2-. The third-order valence-corrected chi connectivity index (χ3v) is 8.87. The number of sulfonamides is 2. The summed E-state index contributed by atoms with van der Waals surface area (Å²) in [6.07, 6.45) is 0. The van der Waals surface area contributed by atoms with Crippen LogP contribution in [0.1, 0.15) is 11.4 Å². The van der Waals surface area contributed by atoms with Crippen molar-refractivity contribution in [3.8, 4) is 22.9 Å². The van der Waals surface area contributed by atoms with Crippen molar-refractivity contribution in [2.45, 2.75) is 23.6 Å². The first-order valence-electron chi connectivity index (χ1n) is 14.7. The topological polar surface area (TPSA) is 280 Å². The predicted molar refractivity (Wildman–Crippen MR) is 188 cm³/mol. The van der Waals surface area contributed by atoms with Gasteiger partial charge >= 0.3 is 29.6 Å². The van der Waals surface area contributed by atoms with E-state index in [1.807, 2.05) is 12.1 Å². The average Bonchev–Trinajstić information content (AvgIpc) is 3.56. The van der Waals surface area contributed by atoms with Crippen molar-refractivity contribution in [1.29, 1.82) is 0 Å². The number of aromatic nitrogens is 4. The molecule has 0 bridgehead atoms. The van der Waals surface area contributed by atoms with E-state index >= 15 is 0 Å². The number of azo groups is 2. The molecule has 0 aliphatic carbocycles. The first kappa shape index (κ1) is 43.5. The zero-order chi connectivity index (χ0) is 37.8. The number of benzene rings is 4. The SMILES string of the molecule is Cc1nn(-c2ccccc2)c(=O)[c-]1N=Nc1cc(S(N)(=O)=O)ccc1O.Cc1nn(-c2ccccc2)c(=O)[c-]1N=Nc1cc(S(N)(=O)=O)ccc1O.[Cr].[Na+]. The van der Waals surface area contributed by atoms with E-state index < -0.39 is 31.2 Å². The molecule has 2 heterocycles. The van der Waals surface area contributed by atoms with Crippen LogP contribution in [-0.2, 0) is 37.4 Å². The number of phenolic OH excluding ortho intramolecular Hbond substituents is 2. The molecule has 18 nitrogen and oxygen atoms in total. The summed E-state index contributed by atoms with van der Waals surface area (Å²) < 4.78 is 48.0. The van der Waals surface area contributed by atoms with Crippen LogP contribution in [0.15, 0.2) is 137 Å². The van der Waals surface area contributed by atoms with Crippen LogP contribution >= 0.6 is 0 Å². The maximum absolute atomic E-state index is 12.5. The number of primary sulfonamides is 2. The van der Waals surface area contributed by atoms with Crippen LogP contribution in [0, 0.1) is 13.8 Å². The van der Waals surface area contributed by atoms with E-state index in [0.29, 0.717) is 22.8 Å². The summed E-state index contributed by atoms with van der Waals surface area (Å²) in [6.45, 7) is 3.19. The van der Waals surface area contributed by atoms with E-state index in [4.69, 9.17) is 10.3 Å². The molecule has 0 unspecified atom stereocenters. The summed E-state index contributed by atoms with van der Waals surface area (Å²) in [5.74, 6) is -0.608. The van der Waals surface area contributed by atoms with Crippen LogP contribution in [0.3, 0.4) is 0 Å². The second-order valence-corrected chi connectivity index (χ2v) is 13.9. The van der Waals surface area contributed by atoms with E-state index in [-0.39, 0.29) is 91.0 Å². The molecule has 0 fully saturated rings. The number of aromatic hydroxyl groups is 2. The van der Waals surface area contributed by atoms with Gasteiger partial charge in [-0.25, -0.2) is 46.7 Å². The third kappa shape index (κ3) is 10.2. The predicted octanol–water partition coefficient (Wildman–Crippen LogP) is 1.06. The summed E-state index contributed by atoms with van der Waals surface area (Å²) in [5, 5.41) is 53.3. The van der Waals surface area contributed by atoms with Crippen molar-refractivity contribution in [2.24, 2.45) is 30.7 Å². The van der Waals surface area contributed by atoms with Crippen LogP contribution in [0.2, 0.25) is 0 Å². The van der Waals surface area contributed by atoms with Crippen LogP contribution < -0.4 is 51.0 Å². The molecule has 22 heteroatoms. The van der Waals surface area contributed by atoms with Crippen molar-refractivity contribution in [2.75, 3.05) is 0 Å². The number of aryl methyl sites for hydroxylation is 2. The average molecular weight is 820 g/mol. The Hall–Kier alpha value is -4.95. The first-order valence-corrected chi connectivity index (χ1v) is 17.8. The molecule has 274 valence electrons. The summed E-state index contributed by atoms with van der Waals surface area (Å²) in [7, 11) is -7.93. The molecule has 0 atom stereocenters. The molecule has 0 amide bonds. The van der Waals surface area contributed by atoms with Crippen molar-refractivity contribution < 1.29 is 74.0 Å². The standard InChI is InChI=1S/2C16H14N5O4S.Cr.Na/c2*1-10-15(16(23)21(20-10)11-5-3-2-4-6-11)19-18-13-9-12(26(17,24)25)7-8-14(13)22;;/h2*2-9,22H,1H3,(H2,17,24,25);;/q2*-1;;+1. The number of phenols is 2. The monoisotopic (exact) mass is 819 g/mol. The second kappa shape index (κ2) is 17.9. The molecule has 6 aromatic rings. The number of nitrogens with two attached hydrogens (primary N) is 2. The molecule has 2 aromatic heterocycles. The van der Waals surface area contributed by atoms with Gasteiger partial charge in [0.2, 0.25) is 20.0 Å². The van der Waals surface area contributed by atoms with Gasteiger partial charge in [0, 0.05) is 17.4 Å². The summed E-state index contributed by atoms with van der Waals surface area (Å²) in [4.78, 5) is 24.5.